The van der Waals surface area contributed by atoms with E-state index in [1.165, 1.54) is 6.20 Å². The average molecular weight is 295 g/mol. The van der Waals surface area contributed by atoms with Crippen molar-refractivity contribution in [1.29, 1.82) is 5.26 Å². The Labute approximate surface area is 123 Å². The number of amides is 1. The minimum Gasteiger partial charge on any atom is -0.481 e. The molecule has 116 valence electrons. The second kappa shape index (κ2) is 9.74. The number of carboxylic acids is 1. The van der Waals surface area contributed by atoms with Gasteiger partial charge in [-0.25, -0.2) is 0 Å². The molecule has 1 aliphatic heterocycles. The van der Waals surface area contributed by atoms with E-state index in [2.05, 4.69) is 20.9 Å². The predicted octanol–water partition coefficient (Wildman–Crippen LogP) is -1.52. The zero-order valence-electron chi connectivity index (χ0n) is 11.9. The zero-order valence-corrected chi connectivity index (χ0v) is 11.9. The van der Waals surface area contributed by atoms with Crippen LogP contribution in [0.25, 0.3) is 0 Å². The molecular weight excluding hydrogens is 274 g/mol. The highest BCUT2D eigenvalue weighted by Crippen LogP contribution is 1.92. The standard InChI is InChI=1S/C13H21N5O3/c14-9-11(13(21)17-2-1-12(19)20)10-16-5-8-18-6-3-15-4-7-18/h10,15-16H,1-8H2,(H,17,21)(H,19,20)/b11-10-. The van der Waals surface area contributed by atoms with Gasteiger partial charge in [0.05, 0.1) is 6.42 Å². The number of carboxylic acid groups (broad SMARTS) is 1. The van der Waals surface area contributed by atoms with Crippen LogP contribution >= 0.6 is 0 Å². The molecule has 1 heterocycles. The van der Waals surface area contributed by atoms with Gasteiger partial charge in [-0.1, -0.05) is 0 Å². The first-order valence-electron chi connectivity index (χ1n) is 6.90. The normalized spacial score (nSPS) is 16.0. The molecule has 1 aliphatic rings. The fourth-order valence-corrected chi connectivity index (χ4v) is 1.86. The maximum Gasteiger partial charge on any atom is 0.305 e. The molecule has 0 aromatic rings. The minimum absolute atomic E-state index is 0.00790. The fourth-order valence-electron chi connectivity index (χ4n) is 1.86. The van der Waals surface area contributed by atoms with Crippen LogP contribution in [0.2, 0.25) is 0 Å². The van der Waals surface area contributed by atoms with Crippen LogP contribution in [-0.4, -0.2) is 67.7 Å². The van der Waals surface area contributed by atoms with E-state index in [0.29, 0.717) is 6.54 Å². The van der Waals surface area contributed by atoms with E-state index < -0.39 is 11.9 Å². The zero-order chi connectivity index (χ0) is 15.5. The highest BCUT2D eigenvalue weighted by molar-refractivity contribution is 5.97. The van der Waals surface area contributed by atoms with Gasteiger partial charge in [0.15, 0.2) is 0 Å². The van der Waals surface area contributed by atoms with Crippen LogP contribution < -0.4 is 16.0 Å². The van der Waals surface area contributed by atoms with Crippen LogP contribution in [0.3, 0.4) is 0 Å². The first-order valence-corrected chi connectivity index (χ1v) is 6.90. The van der Waals surface area contributed by atoms with Crippen LogP contribution in [0.5, 0.6) is 0 Å². The van der Waals surface area contributed by atoms with Gasteiger partial charge in [0.2, 0.25) is 0 Å². The molecule has 21 heavy (non-hydrogen) atoms. The molecule has 0 aromatic heterocycles. The summed E-state index contributed by atoms with van der Waals surface area (Å²) in [5.74, 6) is -1.56. The number of hydrogen-bond donors (Lipinski definition) is 4. The predicted molar refractivity (Wildman–Crippen MR) is 76.3 cm³/mol. The lowest BCUT2D eigenvalue weighted by Crippen LogP contribution is -2.45. The molecule has 0 aromatic carbocycles. The molecule has 0 atom stereocenters. The lowest BCUT2D eigenvalue weighted by Gasteiger charge is -2.26. The third-order valence-corrected chi connectivity index (χ3v) is 3.02. The molecule has 8 nitrogen and oxygen atoms in total. The molecule has 8 heteroatoms. The van der Waals surface area contributed by atoms with E-state index >= 15 is 0 Å². The summed E-state index contributed by atoms with van der Waals surface area (Å²) in [6, 6.07) is 1.79. The molecule has 1 fully saturated rings. The van der Waals surface area contributed by atoms with Gasteiger partial charge in [0.25, 0.3) is 5.91 Å². The maximum atomic E-state index is 11.6. The lowest BCUT2D eigenvalue weighted by atomic mass is 10.3. The highest BCUT2D eigenvalue weighted by atomic mass is 16.4. The summed E-state index contributed by atoms with van der Waals surface area (Å²) in [5.41, 5.74) is -0.0549. The molecule has 0 bridgehead atoms. The highest BCUT2D eigenvalue weighted by Gasteiger charge is 2.10. The van der Waals surface area contributed by atoms with Gasteiger partial charge in [-0.05, 0) is 0 Å². The molecule has 1 amide bonds. The van der Waals surface area contributed by atoms with Crippen molar-refractivity contribution in [2.45, 2.75) is 6.42 Å². The average Bonchev–Trinajstić information content (AvgIpc) is 2.48. The van der Waals surface area contributed by atoms with Gasteiger partial charge in [0, 0.05) is 52.0 Å². The van der Waals surface area contributed by atoms with Gasteiger partial charge < -0.3 is 21.1 Å². The van der Waals surface area contributed by atoms with Crippen molar-refractivity contribution >= 4 is 11.9 Å². The Morgan fingerprint density at radius 2 is 2.05 bits per heavy atom. The van der Waals surface area contributed by atoms with Crippen LogP contribution in [0.1, 0.15) is 6.42 Å². The van der Waals surface area contributed by atoms with E-state index in [9.17, 15) is 9.59 Å². The summed E-state index contributed by atoms with van der Waals surface area (Å²) in [6.45, 7) is 5.44. The SMILES string of the molecule is N#C/C(=C/NCCN1CCNCC1)C(=O)NCCC(=O)O. The minimum atomic E-state index is -0.994. The number of carbonyl (C=O) groups is 2. The monoisotopic (exact) mass is 295 g/mol. The summed E-state index contributed by atoms with van der Waals surface area (Å²) in [5, 5.41) is 26.0. The molecule has 0 saturated carbocycles. The Kier molecular flexibility index (Phi) is 7.86. The Morgan fingerprint density at radius 1 is 1.33 bits per heavy atom. The molecule has 1 rings (SSSR count). The summed E-state index contributed by atoms with van der Waals surface area (Å²) in [6.07, 6.45) is 1.21. The first-order chi connectivity index (χ1) is 10.1. The Hall–Kier alpha value is -2.11. The Bertz CT molecular complexity index is 424. The van der Waals surface area contributed by atoms with Crippen molar-refractivity contribution in [3.8, 4) is 6.07 Å². The third-order valence-electron chi connectivity index (χ3n) is 3.02. The van der Waals surface area contributed by atoms with Crippen molar-refractivity contribution in [3.63, 3.8) is 0 Å². The second-order valence-electron chi connectivity index (χ2n) is 4.62. The van der Waals surface area contributed by atoms with Gasteiger partial charge in [-0.3, -0.25) is 14.5 Å². The number of hydrogen-bond acceptors (Lipinski definition) is 6. The van der Waals surface area contributed by atoms with Gasteiger partial charge in [-0.15, -0.1) is 0 Å². The largest absolute Gasteiger partial charge is 0.481 e. The van der Waals surface area contributed by atoms with Crippen LogP contribution in [-0.2, 0) is 9.59 Å². The van der Waals surface area contributed by atoms with Crippen molar-refractivity contribution in [1.82, 2.24) is 20.9 Å². The lowest BCUT2D eigenvalue weighted by molar-refractivity contribution is -0.136. The summed E-state index contributed by atoms with van der Waals surface area (Å²) >= 11 is 0. The smallest absolute Gasteiger partial charge is 0.305 e. The van der Waals surface area contributed by atoms with E-state index in [1.54, 1.807) is 6.07 Å². The van der Waals surface area contributed by atoms with Crippen LogP contribution in [0.15, 0.2) is 11.8 Å². The van der Waals surface area contributed by atoms with Crippen LogP contribution in [0, 0.1) is 11.3 Å². The summed E-state index contributed by atoms with van der Waals surface area (Å²) in [4.78, 5) is 24.2. The topological polar surface area (TPSA) is 117 Å². The molecule has 0 radical (unpaired) electrons. The Morgan fingerprint density at radius 3 is 2.67 bits per heavy atom. The Balaban J connectivity index is 2.25. The number of nitrogens with zero attached hydrogens (tertiary/aromatic N) is 2. The van der Waals surface area contributed by atoms with Crippen LogP contribution in [0.4, 0.5) is 0 Å². The number of piperazine rings is 1. The first kappa shape index (κ1) is 16.9. The molecule has 0 unspecified atom stereocenters. The van der Waals surface area contributed by atoms with E-state index in [1.807, 2.05) is 0 Å². The quantitative estimate of drug-likeness (QED) is 0.244. The molecule has 0 aliphatic carbocycles. The van der Waals surface area contributed by atoms with Gasteiger partial charge in [-0.2, -0.15) is 5.26 Å². The second-order valence-corrected chi connectivity index (χ2v) is 4.62. The van der Waals surface area contributed by atoms with Gasteiger partial charge >= 0.3 is 5.97 Å². The van der Waals surface area contributed by atoms with Gasteiger partial charge in [0.1, 0.15) is 11.6 Å². The molecule has 4 N–H and O–H groups in total. The third kappa shape index (κ3) is 7.29. The van der Waals surface area contributed by atoms with Crippen molar-refractivity contribution in [2.75, 3.05) is 45.8 Å². The van der Waals surface area contributed by atoms with E-state index in [0.717, 1.165) is 32.7 Å². The number of nitriles is 1. The number of carbonyl (C=O) groups excluding carboxylic acids is 1. The van der Waals surface area contributed by atoms with Crippen molar-refractivity contribution in [3.05, 3.63) is 11.8 Å². The van der Waals surface area contributed by atoms with Crippen molar-refractivity contribution < 1.29 is 14.7 Å². The fraction of sp³-hybridized carbons (Fsp3) is 0.615. The van der Waals surface area contributed by atoms with Crippen molar-refractivity contribution in [2.24, 2.45) is 0 Å². The molecule has 1 saturated heterocycles. The molecular formula is C13H21N5O3. The molecule has 0 spiro atoms. The van der Waals surface area contributed by atoms with E-state index in [-0.39, 0.29) is 18.5 Å². The number of aliphatic carboxylic acids is 1. The summed E-state index contributed by atoms with van der Waals surface area (Å²) in [7, 11) is 0. The number of nitrogens with one attached hydrogen (secondary N) is 3. The summed E-state index contributed by atoms with van der Waals surface area (Å²) < 4.78 is 0. The number of rotatable bonds is 8. The maximum absolute atomic E-state index is 11.6. The van der Waals surface area contributed by atoms with E-state index in [4.69, 9.17) is 10.4 Å².